The molecular formula is C26H26ClN5O. The molecule has 0 saturated carbocycles. The molecule has 33 heavy (non-hydrogen) atoms. The zero-order chi connectivity index (χ0) is 22.9. The largest absolute Gasteiger partial charge is 0.506 e. The first-order valence-electron chi connectivity index (χ1n) is 10.9. The number of phenolic OH excluding ortho intramolecular Hbond substituents is 1. The Bertz CT molecular complexity index is 1190. The summed E-state index contributed by atoms with van der Waals surface area (Å²) < 4.78 is 0. The fourth-order valence-corrected chi connectivity index (χ4v) is 3.67. The van der Waals surface area contributed by atoms with Crippen molar-refractivity contribution < 1.29 is 5.11 Å². The molecule has 2 aromatic carbocycles. The summed E-state index contributed by atoms with van der Waals surface area (Å²) in [5.41, 5.74) is 5.24. The molecule has 0 saturated heterocycles. The molecule has 0 atom stereocenters. The fraction of sp³-hybridized carbons (Fsp3) is 0.192. The van der Waals surface area contributed by atoms with Gasteiger partial charge < -0.3 is 15.7 Å². The molecule has 0 aliphatic carbocycles. The van der Waals surface area contributed by atoms with Crippen LogP contribution < -0.4 is 10.6 Å². The smallest absolute Gasteiger partial charge is 0.223 e. The van der Waals surface area contributed by atoms with Gasteiger partial charge in [-0.25, -0.2) is 9.97 Å². The zero-order valence-electron chi connectivity index (χ0n) is 18.2. The molecule has 7 heteroatoms. The van der Waals surface area contributed by atoms with Crippen LogP contribution in [0.3, 0.4) is 0 Å². The van der Waals surface area contributed by atoms with Gasteiger partial charge in [-0.2, -0.15) is 0 Å². The number of nitrogens with one attached hydrogen (secondary N) is 2. The number of anilines is 1. The molecule has 2 aromatic heterocycles. The van der Waals surface area contributed by atoms with Crippen molar-refractivity contribution in [3.63, 3.8) is 0 Å². The van der Waals surface area contributed by atoms with E-state index in [-0.39, 0.29) is 5.75 Å². The first-order valence-corrected chi connectivity index (χ1v) is 11.3. The number of nitrogens with zero attached hydrogens (tertiary/aromatic N) is 3. The zero-order valence-corrected chi connectivity index (χ0v) is 19.0. The molecule has 0 fully saturated rings. The second-order valence-electron chi connectivity index (χ2n) is 7.68. The van der Waals surface area contributed by atoms with E-state index in [0.29, 0.717) is 17.5 Å². The minimum Gasteiger partial charge on any atom is -0.506 e. The van der Waals surface area contributed by atoms with E-state index in [1.807, 2.05) is 36.5 Å². The normalized spacial score (nSPS) is 10.8. The van der Waals surface area contributed by atoms with Crippen LogP contribution in [0.25, 0.3) is 11.3 Å². The number of phenols is 1. The minimum atomic E-state index is 0.0926. The summed E-state index contributed by atoms with van der Waals surface area (Å²) in [6, 6.07) is 21.5. The van der Waals surface area contributed by atoms with Gasteiger partial charge in [0.05, 0.1) is 10.7 Å². The summed E-state index contributed by atoms with van der Waals surface area (Å²) in [5, 5.41) is 16.6. The van der Waals surface area contributed by atoms with Crippen molar-refractivity contribution in [1.82, 2.24) is 20.3 Å². The molecule has 3 N–H and O–H groups in total. The lowest BCUT2D eigenvalue weighted by atomic mass is 10.1. The average Bonchev–Trinajstić information content (AvgIpc) is 2.85. The second kappa shape index (κ2) is 11.4. The Balaban J connectivity index is 1.31. The molecule has 0 unspecified atom stereocenters. The predicted molar refractivity (Wildman–Crippen MR) is 132 cm³/mol. The summed E-state index contributed by atoms with van der Waals surface area (Å²) in [4.78, 5) is 13.4. The molecule has 2 heterocycles. The highest BCUT2D eigenvalue weighted by atomic mass is 35.5. The topological polar surface area (TPSA) is 83.0 Å². The maximum Gasteiger partial charge on any atom is 0.223 e. The summed E-state index contributed by atoms with van der Waals surface area (Å²) in [6.45, 7) is 2.31. The molecule has 6 nitrogen and oxygen atoms in total. The van der Waals surface area contributed by atoms with E-state index in [1.54, 1.807) is 18.3 Å². The molecule has 0 bridgehead atoms. The summed E-state index contributed by atoms with van der Waals surface area (Å²) >= 11 is 5.98. The van der Waals surface area contributed by atoms with Gasteiger partial charge in [0.2, 0.25) is 5.95 Å². The number of hydrogen-bond acceptors (Lipinski definition) is 6. The first-order chi connectivity index (χ1) is 16.2. The molecule has 168 valence electrons. The quantitative estimate of drug-likeness (QED) is 0.293. The van der Waals surface area contributed by atoms with Crippen LogP contribution >= 0.6 is 11.6 Å². The Morgan fingerprint density at radius 2 is 1.76 bits per heavy atom. The highest BCUT2D eigenvalue weighted by Gasteiger charge is 2.05. The minimum absolute atomic E-state index is 0.0926. The lowest BCUT2D eigenvalue weighted by molar-refractivity contribution is 0.475. The number of aromatic nitrogens is 3. The standard InChI is InChI=1S/C26H26ClN5O/c27-23-17-19(7-8-25(23)33)9-14-30-26-31-15-11-24(32-26)21-5-3-4-20(16-21)18-28-13-10-22-6-1-2-12-29-22/h1-8,11-12,15-17,28,33H,9-10,13-14,18H2,(H,30,31,32). The van der Waals surface area contributed by atoms with Gasteiger partial charge in [-0.3, -0.25) is 4.98 Å². The Morgan fingerprint density at radius 1 is 0.818 bits per heavy atom. The van der Waals surface area contributed by atoms with Crippen molar-refractivity contribution in [2.75, 3.05) is 18.4 Å². The number of pyridine rings is 1. The lowest BCUT2D eigenvalue weighted by Gasteiger charge is -2.09. The summed E-state index contributed by atoms with van der Waals surface area (Å²) in [6.07, 6.45) is 5.23. The van der Waals surface area contributed by atoms with Gasteiger partial charge in [0.25, 0.3) is 0 Å². The maximum absolute atomic E-state index is 9.54. The van der Waals surface area contributed by atoms with Gasteiger partial charge in [0.1, 0.15) is 5.75 Å². The number of benzene rings is 2. The number of rotatable bonds is 10. The molecule has 4 rings (SSSR count). The van der Waals surface area contributed by atoms with E-state index in [1.165, 1.54) is 5.56 Å². The molecule has 0 spiro atoms. The third kappa shape index (κ3) is 6.75. The molecule has 4 aromatic rings. The van der Waals surface area contributed by atoms with Gasteiger partial charge in [0, 0.05) is 49.7 Å². The molecule has 0 radical (unpaired) electrons. The second-order valence-corrected chi connectivity index (χ2v) is 8.08. The van der Waals surface area contributed by atoms with Gasteiger partial charge in [-0.1, -0.05) is 41.9 Å². The predicted octanol–water partition coefficient (Wildman–Crippen LogP) is 4.88. The number of hydrogen-bond donors (Lipinski definition) is 3. The Labute approximate surface area is 198 Å². The third-order valence-corrected chi connectivity index (χ3v) is 5.50. The van der Waals surface area contributed by atoms with E-state index in [0.717, 1.165) is 48.4 Å². The van der Waals surface area contributed by atoms with Crippen LogP contribution in [0.15, 0.2) is 79.1 Å². The first kappa shape index (κ1) is 22.7. The molecule has 0 aliphatic heterocycles. The van der Waals surface area contributed by atoms with Crippen LogP contribution in [0.5, 0.6) is 5.75 Å². The Hall–Kier alpha value is -3.48. The van der Waals surface area contributed by atoms with Crippen LogP contribution in [0.1, 0.15) is 16.8 Å². The van der Waals surface area contributed by atoms with E-state index in [4.69, 9.17) is 11.6 Å². The lowest BCUT2D eigenvalue weighted by Crippen LogP contribution is -2.17. The van der Waals surface area contributed by atoms with Gasteiger partial charge >= 0.3 is 0 Å². The van der Waals surface area contributed by atoms with E-state index < -0.39 is 0 Å². The van der Waals surface area contributed by atoms with Crippen LogP contribution in [0, 0.1) is 0 Å². The van der Waals surface area contributed by atoms with Crippen molar-refractivity contribution in [2.45, 2.75) is 19.4 Å². The maximum atomic E-state index is 9.54. The van der Waals surface area contributed by atoms with Crippen molar-refractivity contribution in [2.24, 2.45) is 0 Å². The van der Waals surface area contributed by atoms with Crippen molar-refractivity contribution in [3.8, 4) is 17.0 Å². The van der Waals surface area contributed by atoms with Gasteiger partial charge in [-0.15, -0.1) is 0 Å². The Kier molecular flexibility index (Phi) is 7.85. The van der Waals surface area contributed by atoms with E-state index >= 15 is 0 Å². The average molecular weight is 460 g/mol. The van der Waals surface area contributed by atoms with Crippen LogP contribution in [0.2, 0.25) is 5.02 Å². The third-order valence-electron chi connectivity index (χ3n) is 5.20. The van der Waals surface area contributed by atoms with Gasteiger partial charge in [-0.05, 0) is 53.9 Å². The van der Waals surface area contributed by atoms with Crippen molar-refractivity contribution in [1.29, 1.82) is 0 Å². The summed E-state index contributed by atoms with van der Waals surface area (Å²) in [7, 11) is 0. The van der Waals surface area contributed by atoms with Gasteiger partial charge in [0.15, 0.2) is 0 Å². The molecular weight excluding hydrogens is 434 g/mol. The SMILES string of the molecule is Oc1ccc(CCNc2nccc(-c3cccc(CNCCc4ccccn4)c3)n2)cc1Cl. The summed E-state index contributed by atoms with van der Waals surface area (Å²) in [5.74, 6) is 0.673. The van der Waals surface area contributed by atoms with E-state index in [9.17, 15) is 5.11 Å². The van der Waals surface area contributed by atoms with Crippen LogP contribution in [-0.2, 0) is 19.4 Å². The van der Waals surface area contributed by atoms with Crippen molar-refractivity contribution >= 4 is 17.5 Å². The molecule has 0 aliphatic rings. The highest BCUT2D eigenvalue weighted by molar-refractivity contribution is 6.32. The number of aromatic hydroxyl groups is 1. The van der Waals surface area contributed by atoms with Crippen LogP contribution in [0.4, 0.5) is 5.95 Å². The van der Waals surface area contributed by atoms with E-state index in [2.05, 4.69) is 49.9 Å². The van der Waals surface area contributed by atoms with Crippen LogP contribution in [-0.4, -0.2) is 33.1 Å². The van der Waals surface area contributed by atoms with Crippen molar-refractivity contribution in [3.05, 3.63) is 101 Å². The number of halogens is 1. The molecule has 0 amide bonds. The fourth-order valence-electron chi connectivity index (χ4n) is 3.47. The monoisotopic (exact) mass is 459 g/mol. The highest BCUT2D eigenvalue weighted by Crippen LogP contribution is 2.24. The Morgan fingerprint density at radius 3 is 2.61 bits per heavy atom.